The van der Waals surface area contributed by atoms with E-state index in [0.717, 1.165) is 10.7 Å². The van der Waals surface area contributed by atoms with Crippen LogP contribution in [0.5, 0.6) is 0 Å². The van der Waals surface area contributed by atoms with E-state index in [4.69, 9.17) is 19.9 Å². The maximum absolute atomic E-state index is 13.5. The fraction of sp³-hybridized carbons (Fsp3) is 0.615. The molecule has 1 atom stereocenters. The summed E-state index contributed by atoms with van der Waals surface area (Å²) in [6, 6.07) is 1.000. The van der Waals surface area contributed by atoms with E-state index in [0.29, 0.717) is 0 Å². The molecule has 10 heteroatoms. The van der Waals surface area contributed by atoms with Crippen LogP contribution in [0.15, 0.2) is 6.07 Å². The van der Waals surface area contributed by atoms with Gasteiger partial charge in [-0.25, -0.2) is 4.68 Å². The highest BCUT2D eigenvalue weighted by molar-refractivity contribution is 5.96. The molecule has 9 nitrogen and oxygen atoms in total. The van der Waals surface area contributed by atoms with Crippen molar-refractivity contribution in [1.82, 2.24) is 15.0 Å². The number of carbonyl (C=O) groups excluding carboxylic acids is 2. The van der Waals surface area contributed by atoms with E-state index in [1.165, 1.54) is 7.05 Å². The molecule has 0 aliphatic carbocycles. The minimum atomic E-state index is -1.51. The van der Waals surface area contributed by atoms with Crippen LogP contribution in [0.2, 0.25) is 0 Å². The second-order valence-corrected chi connectivity index (χ2v) is 4.66. The molecule has 0 saturated heterocycles. The Hall–Kier alpha value is -2.04. The molecule has 0 aliphatic rings. The van der Waals surface area contributed by atoms with Gasteiger partial charge in [-0.3, -0.25) is 20.0 Å². The van der Waals surface area contributed by atoms with Crippen molar-refractivity contribution in [3.8, 4) is 0 Å². The van der Waals surface area contributed by atoms with Crippen LogP contribution in [0, 0.1) is 11.9 Å². The van der Waals surface area contributed by atoms with Crippen molar-refractivity contribution in [3.05, 3.63) is 17.7 Å². The summed E-state index contributed by atoms with van der Waals surface area (Å²) in [5.41, 5.74) is -0.00999. The summed E-state index contributed by atoms with van der Waals surface area (Å²) >= 11 is 0. The van der Waals surface area contributed by atoms with Crippen LogP contribution in [-0.2, 0) is 26.1 Å². The maximum atomic E-state index is 13.5. The Balaban J connectivity index is 3.24. The quantitative estimate of drug-likeness (QED) is 0.401. The van der Waals surface area contributed by atoms with E-state index in [-0.39, 0.29) is 24.1 Å². The summed E-state index contributed by atoms with van der Waals surface area (Å²) in [4.78, 5) is 24.2. The number of hydroxylamine groups is 2. The number of esters is 2. The van der Waals surface area contributed by atoms with Gasteiger partial charge in [0.1, 0.15) is 0 Å². The summed E-state index contributed by atoms with van der Waals surface area (Å²) in [6.07, 6.45) is 0. The van der Waals surface area contributed by atoms with Gasteiger partial charge in [0.2, 0.25) is 5.95 Å². The Bertz CT molecular complexity index is 510. The van der Waals surface area contributed by atoms with E-state index < -0.39 is 36.3 Å². The van der Waals surface area contributed by atoms with Gasteiger partial charge in [0.25, 0.3) is 0 Å². The Labute approximate surface area is 132 Å². The van der Waals surface area contributed by atoms with Crippen LogP contribution in [0.3, 0.4) is 0 Å². The van der Waals surface area contributed by atoms with Gasteiger partial charge in [0.05, 0.1) is 25.5 Å². The molecule has 0 radical (unpaired) electrons. The van der Waals surface area contributed by atoms with Gasteiger partial charge in [-0.05, 0) is 13.8 Å². The van der Waals surface area contributed by atoms with Gasteiger partial charge >= 0.3 is 11.9 Å². The SMILES string of the molecule is CCOC(=O)C(C(=O)OCC)C(CN(O)O)c1cc(F)n(C)n1. The molecule has 1 unspecified atom stereocenters. The van der Waals surface area contributed by atoms with Crippen molar-refractivity contribution in [2.24, 2.45) is 13.0 Å². The van der Waals surface area contributed by atoms with Gasteiger partial charge in [-0.15, -0.1) is 0 Å². The van der Waals surface area contributed by atoms with Gasteiger partial charge in [0.15, 0.2) is 5.92 Å². The summed E-state index contributed by atoms with van der Waals surface area (Å²) in [5.74, 6) is -5.21. The van der Waals surface area contributed by atoms with Crippen LogP contribution in [-0.4, -0.2) is 57.1 Å². The molecule has 1 aromatic heterocycles. The number of halogens is 1. The van der Waals surface area contributed by atoms with Crippen LogP contribution in [0.4, 0.5) is 4.39 Å². The summed E-state index contributed by atoms with van der Waals surface area (Å²) in [5, 5.41) is 21.8. The van der Waals surface area contributed by atoms with Gasteiger partial charge in [-0.2, -0.15) is 9.49 Å². The zero-order valence-electron chi connectivity index (χ0n) is 13.1. The molecule has 0 fully saturated rings. The van der Waals surface area contributed by atoms with Gasteiger partial charge in [-0.1, -0.05) is 5.23 Å². The molecule has 0 bridgehead atoms. The molecule has 0 saturated carbocycles. The molecule has 23 heavy (non-hydrogen) atoms. The highest BCUT2D eigenvalue weighted by Gasteiger charge is 2.41. The number of aromatic nitrogens is 2. The first-order valence-electron chi connectivity index (χ1n) is 6.99. The van der Waals surface area contributed by atoms with E-state index in [1.807, 2.05) is 0 Å². The number of nitrogens with zero attached hydrogens (tertiary/aromatic N) is 3. The number of carbonyl (C=O) groups is 2. The Morgan fingerprint density at radius 3 is 2.17 bits per heavy atom. The third kappa shape index (κ3) is 4.98. The Morgan fingerprint density at radius 2 is 1.83 bits per heavy atom. The normalized spacial score (nSPS) is 12.5. The third-order valence-corrected chi connectivity index (χ3v) is 3.06. The van der Waals surface area contributed by atoms with Crippen LogP contribution >= 0.6 is 0 Å². The first-order chi connectivity index (χ1) is 10.8. The van der Waals surface area contributed by atoms with Crippen molar-refractivity contribution in [2.75, 3.05) is 19.8 Å². The highest BCUT2D eigenvalue weighted by Crippen LogP contribution is 2.27. The molecular weight excluding hydrogens is 313 g/mol. The molecule has 0 aliphatic heterocycles. The molecule has 0 amide bonds. The lowest BCUT2D eigenvalue weighted by molar-refractivity contribution is -0.309. The predicted molar refractivity (Wildman–Crippen MR) is 72.9 cm³/mol. The van der Waals surface area contributed by atoms with Crippen molar-refractivity contribution in [1.29, 1.82) is 0 Å². The van der Waals surface area contributed by atoms with Gasteiger partial charge in [0, 0.05) is 19.0 Å². The van der Waals surface area contributed by atoms with E-state index >= 15 is 0 Å². The van der Waals surface area contributed by atoms with E-state index in [1.54, 1.807) is 13.8 Å². The van der Waals surface area contributed by atoms with E-state index in [9.17, 15) is 14.0 Å². The van der Waals surface area contributed by atoms with E-state index in [2.05, 4.69) is 5.10 Å². The molecule has 0 spiro atoms. The van der Waals surface area contributed by atoms with Gasteiger partial charge < -0.3 is 9.47 Å². The van der Waals surface area contributed by atoms with Crippen molar-refractivity contribution in [3.63, 3.8) is 0 Å². The van der Waals surface area contributed by atoms with Crippen molar-refractivity contribution in [2.45, 2.75) is 19.8 Å². The summed E-state index contributed by atoms with van der Waals surface area (Å²) in [6.45, 7) is 2.57. The number of hydrogen-bond acceptors (Lipinski definition) is 8. The molecule has 130 valence electrons. The Morgan fingerprint density at radius 1 is 1.30 bits per heavy atom. The Kier molecular flexibility index (Phi) is 7.07. The number of rotatable bonds is 8. The monoisotopic (exact) mass is 333 g/mol. The second-order valence-electron chi connectivity index (χ2n) is 4.66. The minimum Gasteiger partial charge on any atom is -0.465 e. The zero-order chi connectivity index (χ0) is 17.6. The third-order valence-electron chi connectivity index (χ3n) is 3.06. The first kappa shape index (κ1) is 19.0. The molecule has 1 heterocycles. The van der Waals surface area contributed by atoms with Crippen molar-refractivity contribution >= 4 is 11.9 Å². The molecule has 2 N–H and O–H groups in total. The summed E-state index contributed by atoms with van der Waals surface area (Å²) in [7, 11) is 1.33. The first-order valence-corrected chi connectivity index (χ1v) is 6.99. The average molecular weight is 333 g/mol. The average Bonchev–Trinajstić information content (AvgIpc) is 2.78. The second kappa shape index (κ2) is 8.56. The fourth-order valence-corrected chi connectivity index (χ4v) is 2.08. The summed E-state index contributed by atoms with van der Waals surface area (Å²) < 4.78 is 24.1. The number of aryl methyl sites for hydroxylation is 1. The smallest absolute Gasteiger partial charge is 0.321 e. The lowest BCUT2D eigenvalue weighted by Gasteiger charge is -2.23. The van der Waals surface area contributed by atoms with Crippen LogP contribution in [0.1, 0.15) is 25.5 Å². The fourth-order valence-electron chi connectivity index (χ4n) is 2.08. The predicted octanol–water partition coefficient (Wildman–Crippen LogP) is 0.466. The number of ether oxygens (including phenoxy) is 2. The lowest BCUT2D eigenvalue weighted by atomic mass is 9.89. The van der Waals surface area contributed by atoms with Crippen molar-refractivity contribution < 1.29 is 33.9 Å². The molecule has 1 rings (SSSR count). The highest BCUT2D eigenvalue weighted by atomic mass is 19.1. The minimum absolute atomic E-state index is 0.00999. The topological polar surface area (TPSA) is 114 Å². The lowest BCUT2D eigenvalue weighted by Crippen LogP contribution is -2.38. The molecular formula is C13H20FN3O6. The molecule has 1 aromatic rings. The standard InChI is InChI=1S/C13H20FN3O6/c1-4-22-12(18)11(13(19)23-5-2)8(7-17(20)21)9-6-10(14)16(3)15-9/h6,8,11,20-21H,4-5,7H2,1-3H3. The number of hydrogen-bond donors (Lipinski definition) is 2. The molecule has 0 aromatic carbocycles. The maximum Gasteiger partial charge on any atom is 0.321 e. The van der Waals surface area contributed by atoms with Crippen LogP contribution < -0.4 is 0 Å². The van der Waals surface area contributed by atoms with Crippen LogP contribution in [0.25, 0.3) is 0 Å². The largest absolute Gasteiger partial charge is 0.465 e. The zero-order valence-corrected chi connectivity index (χ0v) is 13.1.